The van der Waals surface area contributed by atoms with Crippen LogP contribution in [0, 0.1) is 6.92 Å². The van der Waals surface area contributed by atoms with Gasteiger partial charge < -0.3 is 10.2 Å². The van der Waals surface area contributed by atoms with Gasteiger partial charge >= 0.3 is 0 Å². The second-order valence-corrected chi connectivity index (χ2v) is 11.0. The van der Waals surface area contributed by atoms with E-state index in [4.69, 9.17) is 23.2 Å². The molecule has 0 aliphatic rings. The number of rotatable bonds is 10. The van der Waals surface area contributed by atoms with E-state index in [1.807, 2.05) is 0 Å². The standard InChI is InChI=1S/C27H29Cl2N3O4S/c1-4-24(27(34)30-3)31(17-21-22(28)14-10-15-23(21)29)26(33)18-32(25-16-9-8-11-19(25)2)37(35,36)20-12-6-5-7-13-20/h5-16,24H,4,17-18H2,1-3H3,(H,30,34)/t24-/m1/s1. The van der Waals surface area contributed by atoms with Crippen molar-refractivity contribution in [3.05, 3.63) is 94.0 Å². The van der Waals surface area contributed by atoms with Crippen LogP contribution in [-0.2, 0) is 26.2 Å². The molecule has 3 aromatic rings. The molecule has 7 nitrogen and oxygen atoms in total. The molecule has 3 aromatic carbocycles. The highest BCUT2D eigenvalue weighted by atomic mass is 35.5. The first kappa shape index (κ1) is 28.5. The quantitative estimate of drug-likeness (QED) is 0.375. The Kier molecular flexibility index (Phi) is 9.59. The van der Waals surface area contributed by atoms with E-state index in [1.165, 1.54) is 24.1 Å². The van der Waals surface area contributed by atoms with Gasteiger partial charge in [0.05, 0.1) is 10.6 Å². The topological polar surface area (TPSA) is 86.8 Å². The Bertz CT molecular complexity index is 1350. The monoisotopic (exact) mass is 561 g/mol. The lowest BCUT2D eigenvalue weighted by molar-refractivity contribution is -0.140. The number of likely N-dealkylation sites (N-methyl/N-ethyl adjacent to an activating group) is 1. The van der Waals surface area contributed by atoms with E-state index >= 15 is 0 Å². The molecular formula is C27H29Cl2N3O4S. The highest BCUT2D eigenvalue weighted by Gasteiger charge is 2.34. The van der Waals surface area contributed by atoms with Crippen molar-refractivity contribution in [2.75, 3.05) is 17.9 Å². The number of para-hydroxylation sites is 1. The Morgan fingerprint density at radius 3 is 2.08 bits per heavy atom. The zero-order valence-electron chi connectivity index (χ0n) is 20.8. The minimum Gasteiger partial charge on any atom is -0.357 e. The van der Waals surface area contributed by atoms with Crippen molar-refractivity contribution in [2.45, 2.75) is 37.8 Å². The molecule has 37 heavy (non-hydrogen) atoms. The maximum Gasteiger partial charge on any atom is 0.264 e. The smallest absolute Gasteiger partial charge is 0.264 e. The van der Waals surface area contributed by atoms with Crippen molar-refractivity contribution in [2.24, 2.45) is 0 Å². The molecule has 0 bridgehead atoms. The summed E-state index contributed by atoms with van der Waals surface area (Å²) in [5.74, 6) is -0.957. The van der Waals surface area contributed by atoms with Crippen LogP contribution in [0.5, 0.6) is 0 Å². The van der Waals surface area contributed by atoms with Gasteiger partial charge in [-0.05, 0) is 49.2 Å². The van der Waals surface area contributed by atoms with Crippen molar-refractivity contribution in [3.63, 3.8) is 0 Å². The summed E-state index contributed by atoms with van der Waals surface area (Å²) < 4.78 is 28.6. The minimum absolute atomic E-state index is 0.0464. The van der Waals surface area contributed by atoms with Gasteiger partial charge in [-0.15, -0.1) is 0 Å². The van der Waals surface area contributed by atoms with Crippen LogP contribution in [0.15, 0.2) is 77.7 Å². The highest BCUT2D eigenvalue weighted by molar-refractivity contribution is 7.92. The number of carbonyl (C=O) groups excluding carboxylic acids is 2. The van der Waals surface area contributed by atoms with E-state index < -0.39 is 28.5 Å². The van der Waals surface area contributed by atoms with Gasteiger partial charge in [0.25, 0.3) is 10.0 Å². The van der Waals surface area contributed by atoms with Gasteiger partial charge in [0.2, 0.25) is 11.8 Å². The fourth-order valence-corrected chi connectivity index (χ4v) is 6.03. The Labute approximate surface area is 228 Å². The summed E-state index contributed by atoms with van der Waals surface area (Å²) >= 11 is 12.8. The fraction of sp³-hybridized carbons (Fsp3) is 0.259. The second-order valence-electron chi connectivity index (χ2n) is 8.37. The first-order valence-corrected chi connectivity index (χ1v) is 13.9. The zero-order chi connectivity index (χ0) is 27.2. The average molecular weight is 563 g/mol. The third-order valence-electron chi connectivity index (χ3n) is 6.02. The van der Waals surface area contributed by atoms with Crippen LogP contribution >= 0.6 is 23.2 Å². The third kappa shape index (κ3) is 6.44. The number of amides is 2. The van der Waals surface area contributed by atoms with E-state index in [1.54, 1.807) is 74.5 Å². The van der Waals surface area contributed by atoms with Crippen LogP contribution in [0.25, 0.3) is 0 Å². The first-order valence-electron chi connectivity index (χ1n) is 11.7. The number of benzene rings is 3. The van der Waals surface area contributed by atoms with E-state index in [0.29, 0.717) is 33.3 Å². The predicted octanol–water partition coefficient (Wildman–Crippen LogP) is 5.05. The third-order valence-corrected chi connectivity index (χ3v) is 8.50. The normalized spacial score (nSPS) is 12.0. The Balaban J connectivity index is 2.10. The maximum absolute atomic E-state index is 13.9. The Hall–Kier alpha value is -3.07. The molecule has 1 atom stereocenters. The zero-order valence-corrected chi connectivity index (χ0v) is 23.1. The van der Waals surface area contributed by atoms with Gasteiger partial charge in [0.15, 0.2) is 0 Å². The van der Waals surface area contributed by atoms with E-state index in [-0.39, 0.29) is 17.3 Å². The number of anilines is 1. The van der Waals surface area contributed by atoms with Crippen molar-refractivity contribution in [1.82, 2.24) is 10.2 Å². The van der Waals surface area contributed by atoms with Gasteiger partial charge in [0.1, 0.15) is 12.6 Å². The number of nitrogens with zero attached hydrogens (tertiary/aromatic N) is 2. The number of hydrogen-bond donors (Lipinski definition) is 1. The van der Waals surface area contributed by atoms with Crippen molar-refractivity contribution >= 4 is 50.7 Å². The molecule has 0 saturated heterocycles. The molecule has 3 rings (SSSR count). The van der Waals surface area contributed by atoms with Gasteiger partial charge in [0, 0.05) is 29.2 Å². The number of sulfonamides is 1. The van der Waals surface area contributed by atoms with Crippen LogP contribution in [0.2, 0.25) is 10.0 Å². The summed E-state index contributed by atoms with van der Waals surface area (Å²) in [6, 6.07) is 18.9. The van der Waals surface area contributed by atoms with E-state index in [9.17, 15) is 18.0 Å². The van der Waals surface area contributed by atoms with Gasteiger partial charge in [-0.2, -0.15) is 0 Å². The van der Waals surface area contributed by atoms with Crippen molar-refractivity contribution in [3.8, 4) is 0 Å². The molecule has 0 aliphatic heterocycles. The Morgan fingerprint density at radius 1 is 0.919 bits per heavy atom. The van der Waals surface area contributed by atoms with E-state index in [0.717, 1.165) is 4.31 Å². The molecule has 0 saturated carbocycles. The fourth-order valence-electron chi connectivity index (χ4n) is 4.02. The molecule has 0 radical (unpaired) electrons. The summed E-state index contributed by atoms with van der Waals surface area (Å²) in [5, 5.41) is 3.26. The first-order chi connectivity index (χ1) is 17.6. The van der Waals surface area contributed by atoms with Crippen molar-refractivity contribution in [1.29, 1.82) is 0 Å². The molecule has 1 N–H and O–H groups in total. The van der Waals surface area contributed by atoms with Crippen molar-refractivity contribution < 1.29 is 18.0 Å². The van der Waals surface area contributed by atoms with Crippen LogP contribution < -0.4 is 9.62 Å². The van der Waals surface area contributed by atoms with Gasteiger partial charge in [-0.3, -0.25) is 13.9 Å². The highest BCUT2D eigenvalue weighted by Crippen LogP contribution is 2.29. The predicted molar refractivity (Wildman–Crippen MR) is 147 cm³/mol. The second kappa shape index (κ2) is 12.4. The molecule has 0 unspecified atom stereocenters. The minimum atomic E-state index is -4.12. The molecule has 0 aliphatic carbocycles. The van der Waals surface area contributed by atoms with Crippen LogP contribution in [-0.4, -0.2) is 44.8 Å². The van der Waals surface area contributed by atoms with Crippen LogP contribution in [0.1, 0.15) is 24.5 Å². The van der Waals surface area contributed by atoms with Gasteiger partial charge in [-0.1, -0.05) is 72.6 Å². The summed E-state index contributed by atoms with van der Waals surface area (Å²) in [5.41, 5.74) is 1.51. The van der Waals surface area contributed by atoms with Crippen LogP contribution in [0.3, 0.4) is 0 Å². The molecule has 196 valence electrons. The summed E-state index contributed by atoms with van der Waals surface area (Å²) in [7, 11) is -2.64. The lowest BCUT2D eigenvalue weighted by Crippen LogP contribution is -2.52. The maximum atomic E-state index is 13.9. The Morgan fingerprint density at radius 2 is 1.51 bits per heavy atom. The number of aryl methyl sites for hydroxylation is 1. The average Bonchev–Trinajstić information content (AvgIpc) is 2.89. The summed E-state index contributed by atoms with van der Waals surface area (Å²) in [6.07, 6.45) is 0.295. The number of hydrogen-bond acceptors (Lipinski definition) is 4. The molecular weight excluding hydrogens is 533 g/mol. The number of carbonyl (C=O) groups is 2. The number of halogens is 2. The molecule has 0 spiro atoms. The molecule has 0 heterocycles. The van der Waals surface area contributed by atoms with Gasteiger partial charge in [-0.25, -0.2) is 8.42 Å². The number of nitrogens with one attached hydrogen (secondary N) is 1. The van der Waals surface area contributed by atoms with E-state index in [2.05, 4.69) is 5.32 Å². The summed E-state index contributed by atoms with van der Waals surface area (Å²) in [6.45, 7) is 2.94. The molecule has 10 heteroatoms. The lowest BCUT2D eigenvalue weighted by atomic mass is 10.1. The van der Waals surface area contributed by atoms with Crippen LogP contribution in [0.4, 0.5) is 5.69 Å². The largest absolute Gasteiger partial charge is 0.357 e. The molecule has 2 amide bonds. The SMILES string of the molecule is CC[C@H](C(=O)NC)N(Cc1c(Cl)cccc1Cl)C(=O)CN(c1ccccc1C)S(=O)(=O)c1ccccc1. The molecule has 0 aromatic heterocycles. The lowest BCUT2D eigenvalue weighted by Gasteiger charge is -2.33. The summed E-state index contributed by atoms with van der Waals surface area (Å²) in [4.78, 5) is 28.1. The molecule has 0 fully saturated rings.